The van der Waals surface area contributed by atoms with Crippen LogP contribution in [0.15, 0.2) is 24.3 Å². The van der Waals surface area contributed by atoms with Crippen LogP contribution in [0.4, 0.5) is 5.69 Å². The number of benzene rings is 1. The van der Waals surface area contributed by atoms with Crippen LogP contribution in [0.2, 0.25) is 0 Å². The van der Waals surface area contributed by atoms with Crippen molar-refractivity contribution in [1.82, 2.24) is 9.47 Å². The summed E-state index contributed by atoms with van der Waals surface area (Å²) in [6, 6.07) is 7.24. The van der Waals surface area contributed by atoms with E-state index in [1.165, 1.54) is 0 Å². The van der Waals surface area contributed by atoms with Gasteiger partial charge in [0, 0.05) is 30.5 Å². The topological polar surface area (TPSA) is 55.7 Å². The van der Waals surface area contributed by atoms with Crippen LogP contribution in [-0.2, 0) is 6.54 Å². The van der Waals surface area contributed by atoms with Crippen molar-refractivity contribution in [1.29, 1.82) is 0 Å². The molecule has 0 radical (unpaired) electrons. The molecule has 0 aliphatic rings. The molecular weight excluding hydrogens is 318 g/mol. The Kier molecular flexibility index (Phi) is 6.09. The van der Waals surface area contributed by atoms with Crippen LogP contribution in [0.5, 0.6) is 11.5 Å². The second kappa shape index (κ2) is 8.07. The van der Waals surface area contributed by atoms with Crippen LogP contribution >= 0.6 is 0 Å². The van der Waals surface area contributed by atoms with Crippen molar-refractivity contribution in [3.05, 3.63) is 41.2 Å². The number of methoxy groups -OCH3 is 2. The Labute approximate surface area is 149 Å². The summed E-state index contributed by atoms with van der Waals surface area (Å²) in [6.45, 7) is 5.76. The van der Waals surface area contributed by atoms with Crippen LogP contribution in [0, 0.1) is 13.8 Å². The van der Waals surface area contributed by atoms with Gasteiger partial charge in [-0.3, -0.25) is 4.79 Å². The lowest BCUT2D eigenvalue weighted by molar-refractivity contribution is 0.102. The average molecular weight is 345 g/mol. The lowest BCUT2D eigenvalue weighted by atomic mass is 10.2. The van der Waals surface area contributed by atoms with Crippen molar-refractivity contribution >= 4 is 11.6 Å². The molecule has 0 aliphatic carbocycles. The standard InChI is InChI=1S/C19H27N3O3/c1-13-11-16(14(2)22(13)10-9-21(3)4)19(23)20-17-12-15(24-5)7-8-18(17)25-6/h7-8,11-12H,9-10H2,1-6H3,(H,20,23). The highest BCUT2D eigenvalue weighted by molar-refractivity contribution is 6.06. The van der Waals surface area contributed by atoms with Crippen molar-refractivity contribution in [3.63, 3.8) is 0 Å². The molecule has 0 atom stereocenters. The highest BCUT2D eigenvalue weighted by atomic mass is 16.5. The molecule has 1 amide bonds. The Morgan fingerprint density at radius 2 is 1.88 bits per heavy atom. The number of nitrogens with zero attached hydrogens (tertiary/aromatic N) is 2. The van der Waals surface area contributed by atoms with E-state index in [2.05, 4.69) is 14.8 Å². The molecule has 0 saturated carbocycles. The largest absolute Gasteiger partial charge is 0.497 e. The smallest absolute Gasteiger partial charge is 0.257 e. The molecular formula is C19H27N3O3. The van der Waals surface area contributed by atoms with Gasteiger partial charge < -0.3 is 24.3 Å². The number of nitrogens with one attached hydrogen (secondary N) is 1. The summed E-state index contributed by atoms with van der Waals surface area (Å²) >= 11 is 0. The maximum atomic E-state index is 12.8. The summed E-state index contributed by atoms with van der Waals surface area (Å²) < 4.78 is 12.7. The fourth-order valence-corrected chi connectivity index (χ4v) is 2.78. The van der Waals surface area contributed by atoms with Gasteiger partial charge in [0.2, 0.25) is 0 Å². The SMILES string of the molecule is COc1ccc(OC)c(NC(=O)c2cc(C)n(CCN(C)C)c2C)c1. The molecule has 1 heterocycles. The maximum absolute atomic E-state index is 12.8. The zero-order valence-corrected chi connectivity index (χ0v) is 15.8. The lowest BCUT2D eigenvalue weighted by Gasteiger charge is -2.14. The average Bonchev–Trinajstić information content (AvgIpc) is 2.87. The number of anilines is 1. The summed E-state index contributed by atoms with van der Waals surface area (Å²) in [5, 5.41) is 2.93. The fourth-order valence-electron chi connectivity index (χ4n) is 2.78. The molecule has 2 aromatic rings. The Hall–Kier alpha value is -2.47. The Morgan fingerprint density at radius 1 is 1.16 bits per heavy atom. The van der Waals surface area contributed by atoms with Crippen LogP contribution in [0.1, 0.15) is 21.7 Å². The van der Waals surface area contributed by atoms with Crippen LogP contribution in [-0.4, -0.2) is 50.2 Å². The van der Waals surface area contributed by atoms with Crippen molar-refractivity contribution < 1.29 is 14.3 Å². The van der Waals surface area contributed by atoms with Gasteiger partial charge in [-0.2, -0.15) is 0 Å². The molecule has 1 N–H and O–H groups in total. The quantitative estimate of drug-likeness (QED) is 0.838. The fraction of sp³-hybridized carbons (Fsp3) is 0.421. The third kappa shape index (κ3) is 4.33. The van der Waals surface area contributed by atoms with E-state index in [-0.39, 0.29) is 5.91 Å². The summed E-state index contributed by atoms with van der Waals surface area (Å²) in [4.78, 5) is 14.9. The van der Waals surface area contributed by atoms with Crippen LogP contribution in [0.3, 0.4) is 0 Å². The zero-order chi connectivity index (χ0) is 18.6. The van der Waals surface area contributed by atoms with E-state index in [0.29, 0.717) is 22.7 Å². The molecule has 0 aliphatic heterocycles. The van der Waals surface area contributed by atoms with Crippen molar-refractivity contribution in [2.75, 3.05) is 40.2 Å². The molecule has 1 aromatic heterocycles. The first-order chi connectivity index (χ1) is 11.9. The first-order valence-corrected chi connectivity index (χ1v) is 8.22. The predicted octanol–water partition coefficient (Wildman–Crippen LogP) is 2.94. The number of aromatic nitrogens is 1. The van der Waals surface area contributed by atoms with E-state index in [9.17, 15) is 4.79 Å². The lowest BCUT2D eigenvalue weighted by Crippen LogP contribution is -2.20. The number of hydrogen-bond acceptors (Lipinski definition) is 4. The molecule has 6 nitrogen and oxygen atoms in total. The van der Waals surface area contributed by atoms with E-state index < -0.39 is 0 Å². The van der Waals surface area contributed by atoms with E-state index >= 15 is 0 Å². The molecule has 0 unspecified atom stereocenters. The molecule has 6 heteroatoms. The number of carbonyl (C=O) groups is 1. The number of hydrogen-bond donors (Lipinski definition) is 1. The summed E-state index contributed by atoms with van der Waals surface area (Å²) in [7, 11) is 7.24. The first kappa shape index (κ1) is 18.9. The molecule has 25 heavy (non-hydrogen) atoms. The van der Waals surface area contributed by atoms with Gasteiger partial charge in [-0.15, -0.1) is 0 Å². The Morgan fingerprint density at radius 3 is 2.48 bits per heavy atom. The normalized spacial score (nSPS) is 10.8. The minimum absolute atomic E-state index is 0.157. The number of aryl methyl sites for hydroxylation is 1. The van der Waals surface area contributed by atoms with Gasteiger partial charge in [0.25, 0.3) is 5.91 Å². The second-order valence-corrected chi connectivity index (χ2v) is 6.26. The minimum atomic E-state index is -0.157. The molecule has 0 spiro atoms. The van der Waals surface area contributed by atoms with Crippen molar-refractivity contribution in [2.24, 2.45) is 0 Å². The minimum Gasteiger partial charge on any atom is -0.497 e. The molecule has 0 bridgehead atoms. The van der Waals surface area contributed by atoms with Gasteiger partial charge in [0.05, 0.1) is 25.5 Å². The third-order valence-electron chi connectivity index (χ3n) is 4.24. The number of ether oxygens (including phenoxy) is 2. The number of likely N-dealkylation sites (N-methyl/N-ethyl adjacent to an activating group) is 1. The highest BCUT2D eigenvalue weighted by Crippen LogP contribution is 2.29. The summed E-state index contributed by atoms with van der Waals surface area (Å²) in [5.41, 5.74) is 3.28. The van der Waals surface area contributed by atoms with E-state index in [1.54, 1.807) is 32.4 Å². The molecule has 0 saturated heterocycles. The van der Waals surface area contributed by atoms with E-state index in [0.717, 1.165) is 24.5 Å². The first-order valence-electron chi connectivity index (χ1n) is 8.22. The number of carbonyl (C=O) groups excluding carboxylic acids is 1. The van der Waals surface area contributed by atoms with Gasteiger partial charge >= 0.3 is 0 Å². The van der Waals surface area contributed by atoms with Gasteiger partial charge in [0.15, 0.2) is 0 Å². The number of rotatable bonds is 7. The summed E-state index contributed by atoms with van der Waals surface area (Å²) in [6.07, 6.45) is 0. The zero-order valence-electron chi connectivity index (χ0n) is 15.8. The Balaban J connectivity index is 2.26. The van der Waals surface area contributed by atoms with Crippen molar-refractivity contribution in [3.8, 4) is 11.5 Å². The van der Waals surface area contributed by atoms with Crippen LogP contribution in [0.25, 0.3) is 0 Å². The Bertz CT molecular complexity index is 751. The second-order valence-electron chi connectivity index (χ2n) is 6.26. The van der Waals surface area contributed by atoms with Gasteiger partial charge in [-0.05, 0) is 46.1 Å². The van der Waals surface area contributed by atoms with E-state index in [1.807, 2.05) is 34.0 Å². The van der Waals surface area contributed by atoms with Gasteiger partial charge in [-0.1, -0.05) is 0 Å². The molecule has 2 rings (SSSR count). The van der Waals surface area contributed by atoms with Gasteiger partial charge in [-0.25, -0.2) is 0 Å². The summed E-state index contributed by atoms with van der Waals surface area (Å²) in [5.74, 6) is 1.10. The van der Waals surface area contributed by atoms with Crippen LogP contribution < -0.4 is 14.8 Å². The maximum Gasteiger partial charge on any atom is 0.257 e. The molecule has 1 aromatic carbocycles. The third-order valence-corrected chi connectivity index (χ3v) is 4.24. The van der Waals surface area contributed by atoms with Crippen molar-refractivity contribution in [2.45, 2.75) is 20.4 Å². The number of amides is 1. The monoisotopic (exact) mass is 345 g/mol. The predicted molar refractivity (Wildman–Crippen MR) is 100.0 cm³/mol. The molecule has 0 fully saturated rings. The van der Waals surface area contributed by atoms with E-state index in [4.69, 9.17) is 9.47 Å². The van der Waals surface area contributed by atoms with Gasteiger partial charge in [0.1, 0.15) is 11.5 Å². The highest BCUT2D eigenvalue weighted by Gasteiger charge is 2.17. The molecule has 136 valence electrons.